The van der Waals surface area contributed by atoms with Gasteiger partial charge in [-0.2, -0.15) is 6.20 Å². The number of hydrogen-bond acceptors (Lipinski definition) is 6. The van der Waals surface area contributed by atoms with Crippen LogP contribution in [-0.2, 0) is 0 Å². The molecule has 3 N–H and O–H groups in total. The molecule has 0 unspecified atom stereocenters. The van der Waals surface area contributed by atoms with Gasteiger partial charge in [0.1, 0.15) is 0 Å². The minimum absolute atomic E-state index is 0. The smallest absolute Gasteiger partial charge is 0.582 e. The van der Waals surface area contributed by atoms with E-state index in [1.807, 2.05) is 24.4 Å². The molecule has 7 nitrogen and oxygen atoms in total. The van der Waals surface area contributed by atoms with E-state index in [-0.39, 0.29) is 51.4 Å². The van der Waals surface area contributed by atoms with E-state index in [1.165, 1.54) is 0 Å². The second-order valence-corrected chi connectivity index (χ2v) is 8.10. The molecule has 174 valence electrons. The van der Waals surface area contributed by atoms with E-state index in [0.29, 0.717) is 11.7 Å². The van der Waals surface area contributed by atoms with Crippen molar-refractivity contribution in [1.29, 1.82) is 0 Å². The fourth-order valence-electron chi connectivity index (χ4n) is 3.95. The number of allylic oxidation sites excluding steroid dienone is 4. The number of nitrogens with two attached hydrogens (primary N) is 1. The number of nitrogens with zero attached hydrogens (tertiary/aromatic N) is 5. The van der Waals surface area contributed by atoms with Crippen molar-refractivity contribution >= 4 is 35.9 Å². The second-order valence-electron chi connectivity index (χ2n) is 8.10. The van der Waals surface area contributed by atoms with Crippen molar-refractivity contribution in [3.63, 3.8) is 0 Å². The number of H-pyrrole nitrogens is 1. The Morgan fingerprint density at radius 1 is 1.23 bits per heavy atom. The van der Waals surface area contributed by atoms with Crippen molar-refractivity contribution in [3.8, 4) is 0 Å². The molecule has 2 aromatic heterocycles. The van der Waals surface area contributed by atoms with Gasteiger partial charge in [-0.15, -0.1) is 19.4 Å². The van der Waals surface area contributed by atoms with Gasteiger partial charge in [0.25, 0.3) is 0 Å². The van der Waals surface area contributed by atoms with Crippen molar-refractivity contribution in [2.75, 3.05) is 6.54 Å². The fourth-order valence-corrected chi connectivity index (χ4v) is 3.95. The number of aromatic nitrogens is 3. The molecule has 0 radical (unpaired) electrons. The van der Waals surface area contributed by atoms with Crippen LogP contribution in [0.5, 0.6) is 0 Å². The molecule has 35 heavy (non-hydrogen) atoms. The summed E-state index contributed by atoms with van der Waals surface area (Å²) in [4.78, 5) is 15.4. The van der Waals surface area contributed by atoms with Gasteiger partial charge in [0.15, 0.2) is 5.82 Å². The Hall–Kier alpha value is -1.98. The number of thiol groups is 1. The SMILES string of the molecule is C=CCCN1C=C(c2cc(C3CC3)nc(/C3=C/C=N\[N-]/C=C\C3=C)n2)c2cc[nH]c2C1=C.NS.[K+]. The summed E-state index contributed by atoms with van der Waals surface area (Å²) < 4.78 is 0. The Labute approximate surface area is 254 Å². The summed E-state index contributed by atoms with van der Waals surface area (Å²) in [5.74, 6) is 1.14. The van der Waals surface area contributed by atoms with Gasteiger partial charge in [-0.25, -0.2) is 9.97 Å². The summed E-state index contributed by atoms with van der Waals surface area (Å²) in [6.07, 6.45) is 16.2. The molecule has 0 spiro atoms. The van der Waals surface area contributed by atoms with Crippen LogP contribution < -0.4 is 56.5 Å². The standard InChI is InChI=1S/C26H25N6.K.H3NS/c1-4-5-14-32-16-22(21-9-11-27-25(21)18(32)3)24-15-23(19-6-7-19)30-26(31-24)20-10-13-29-28-12-8-17(20)2;;1-2/h4,8-13,15-16,19,27H,1-3,5-7,14H2;;2H,1H2/q-1;+1;/b12-8-,20-10+,29-13-;;. The van der Waals surface area contributed by atoms with Crippen LogP contribution in [0.3, 0.4) is 0 Å². The first-order valence-electron chi connectivity index (χ1n) is 11.1. The average molecular weight is 510 g/mol. The summed E-state index contributed by atoms with van der Waals surface area (Å²) in [5, 5.41) is 8.19. The van der Waals surface area contributed by atoms with Crippen LogP contribution in [0.2, 0.25) is 0 Å². The molecule has 3 aliphatic rings. The molecule has 0 bridgehead atoms. The molecule has 1 saturated carbocycles. The van der Waals surface area contributed by atoms with E-state index in [1.54, 1.807) is 12.4 Å². The van der Waals surface area contributed by atoms with Gasteiger partial charge in [-0.3, -0.25) is 5.14 Å². The predicted octanol–water partition coefficient (Wildman–Crippen LogP) is 2.55. The molecule has 0 atom stereocenters. The molecule has 2 aliphatic heterocycles. The van der Waals surface area contributed by atoms with Crippen molar-refractivity contribution in [3.05, 3.63) is 108 Å². The van der Waals surface area contributed by atoms with Crippen LogP contribution in [0, 0.1) is 0 Å². The van der Waals surface area contributed by atoms with Crippen molar-refractivity contribution in [2.24, 2.45) is 10.2 Å². The monoisotopic (exact) mass is 509 g/mol. The van der Waals surface area contributed by atoms with Crippen LogP contribution in [0.1, 0.15) is 53.7 Å². The summed E-state index contributed by atoms with van der Waals surface area (Å²) in [6, 6.07) is 4.22. The Morgan fingerprint density at radius 3 is 2.77 bits per heavy atom. The first-order valence-corrected chi connectivity index (χ1v) is 11.6. The van der Waals surface area contributed by atoms with Crippen molar-refractivity contribution < 1.29 is 51.4 Å². The first-order chi connectivity index (χ1) is 16.7. The first kappa shape index (κ1) is 27.6. The zero-order valence-corrected chi connectivity index (χ0v) is 24.0. The predicted molar refractivity (Wildman–Crippen MR) is 144 cm³/mol. The van der Waals surface area contributed by atoms with Gasteiger partial charge in [0.2, 0.25) is 0 Å². The van der Waals surface area contributed by atoms with Crippen molar-refractivity contribution in [2.45, 2.75) is 25.2 Å². The molecule has 5 rings (SSSR count). The average Bonchev–Trinajstić information content (AvgIpc) is 3.59. The number of nitrogens with one attached hydrogen (secondary N) is 1. The second kappa shape index (κ2) is 12.8. The summed E-state index contributed by atoms with van der Waals surface area (Å²) in [7, 11) is 0. The molecule has 0 aromatic carbocycles. The van der Waals surface area contributed by atoms with Crippen LogP contribution >= 0.6 is 12.8 Å². The third kappa shape index (κ3) is 6.24. The molecule has 1 fully saturated rings. The van der Waals surface area contributed by atoms with Gasteiger partial charge in [-0.1, -0.05) is 25.3 Å². The van der Waals surface area contributed by atoms with Crippen LogP contribution in [0.25, 0.3) is 22.3 Å². The third-order valence-electron chi connectivity index (χ3n) is 5.85. The van der Waals surface area contributed by atoms with Gasteiger partial charge in [-0.05, 0) is 43.0 Å². The Balaban J connectivity index is 0.00000111. The Bertz CT molecular complexity index is 1230. The van der Waals surface area contributed by atoms with Gasteiger partial charge < -0.3 is 20.4 Å². The Morgan fingerprint density at radius 2 is 2.03 bits per heavy atom. The van der Waals surface area contributed by atoms with E-state index >= 15 is 0 Å². The van der Waals surface area contributed by atoms with E-state index < -0.39 is 0 Å². The molecule has 0 saturated heterocycles. The molecule has 0 amide bonds. The summed E-state index contributed by atoms with van der Waals surface area (Å²) in [5.41, 5.74) is 11.7. The van der Waals surface area contributed by atoms with E-state index in [9.17, 15) is 0 Å². The maximum Gasteiger partial charge on any atom is 1.00 e. The summed E-state index contributed by atoms with van der Waals surface area (Å²) >= 11 is 3.03. The normalized spacial score (nSPS) is 19.8. The van der Waals surface area contributed by atoms with Gasteiger partial charge >= 0.3 is 51.4 Å². The largest absolute Gasteiger partial charge is 1.00 e. The minimum atomic E-state index is 0. The van der Waals surface area contributed by atoms with E-state index in [4.69, 9.17) is 9.97 Å². The molecule has 1 aliphatic carbocycles. The topological polar surface area (TPSA) is 97.3 Å². The molecule has 2 aromatic rings. The number of hydrogen-bond donors (Lipinski definition) is 3. The molecular weight excluding hydrogens is 482 g/mol. The maximum atomic E-state index is 5.01. The molecule has 4 heterocycles. The van der Waals surface area contributed by atoms with Crippen molar-refractivity contribution in [1.82, 2.24) is 19.9 Å². The zero-order valence-electron chi connectivity index (χ0n) is 20.0. The fraction of sp³-hybridized carbons (Fsp3) is 0.192. The molecular formula is C26H28KN7S. The van der Waals surface area contributed by atoms with Crippen LogP contribution in [-0.4, -0.2) is 32.6 Å². The van der Waals surface area contributed by atoms with Crippen LogP contribution in [0.15, 0.2) is 79.4 Å². The maximum absolute atomic E-state index is 5.01. The van der Waals surface area contributed by atoms with Crippen LogP contribution in [0.4, 0.5) is 0 Å². The van der Waals surface area contributed by atoms with E-state index in [2.05, 4.69) is 76.4 Å². The quantitative estimate of drug-likeness (QED) is 0.317. The summed E-state index contributed by atoms with van der Waals surface area (Å²) in [6.45, 7) is 13.2. The Kier molecular flexibility index (Phi) is 10.1. The van der Waals surface area contributed by atoms with E-state index in [0.717, 1.165) is 70.9 Å². The third-order valence-corrected chi connectivity index (χ3v) is 5.85. The number of aromatic amines is 1. The van der Waals surface area contributed by atoms with Gasteiger partial charge in [0.05, 0.1) is 17.1 Å². The number of fused-ring (bicyclic) bond motifs is 1. The van der Waals surface area contributed by atoms with Gasteiger partial charge in [0, 0.05) is 53.5 Å². The molecule has 9 heteroatoms. The minimum Gasteiger partial charge on any atom is -0.582 e. The number of rotatable bonds is 6. The zero-order chi connectivity index (χ0) is 24.1.